The average Bonchev–Trinajstić information content (AvgIpc) is 3.22. The van der Waals surface area contributed by atoms with E-state index in [4.69, 9.17) is 0 Å². The monoisotopic (exact) mass is 572 g/mol. The number of hydrogen-bond donors (Lipinski definition) is 0. The van der Waals surface area contributed by atoms with E-state index < -0.39 is 0 Å². The van der Waals surface area contributed by atoms with E-state index in [0.29, 0.717) is 0 Å². The van der Waals surface area contributed by atoms with Crippen LogP contribution < -0.4 is 0 Å². The van der Waals surface area contributed by atoms with Crippen LogP contribution in [0, 0.1) is 0 Å². The molecule has 0 aliphatic carbocycles. The molecule has 2 aromatic carbocycles. The van der Waals surface area contributed by atoms with Crippen molar-refractivity contribution >= 4 is 11.4 Å². The standard InChI is InChI=1S/C34H48N2.2CH3.Ni/c1-5-9-13-18-28-20-16-22-30(26-28)34-32(24-14-10-6-2)31(23-12-8-4)33(36(34)35)29-21-15-19-27(25-29)17-11-7-3;;;/h15-16,19-22,25-26H,5-14,17-18,23-24H2,1-4H3;2*1H3;. The van der Waals surface area contributed by atoms with Gasteiger partial charge < -0.3 is 5.53 Å². The second-order valence-electron chi connectivity index (χ2n) is 10.8. The van der Waals surface area contributed by atoms with Crippen molar-refractivity contribution in [1.82, 2.24) is 0 Å². The van der Waals surface area contributed by atoms with Crippen LogP contribution in [0.5, 0.6) is 0 Å². The molecule has 1 aliphatic heterocycles. The van der Waals surface area contributed by atoms with Gasteiger partial charge in [0, 0.05) is 22.3 Å². The third-order valence-electron chi connectivity index (χ3n) is 7.46. The van der Waals surface area contributed by atoms with E-state index >= 15 is 0 Å². The van der Waals surface area contributed by atoms with Gasteiger partial charge >= 0.3 is 26.2 Å². The molecular formula is C36H54N2Ni. The van der Waals surface area contributed by atoms with Crippen LogP contribution in [0.1, 0.15) is 127 Å². The fourth-order valence-electron chi connectivity index (χ4n) is 5.40. The average molecular weight is 574 g/mol. The fraction of sp³-hybridized carbons (Fsp3) is 0.556. The van der Waals surface area contributed by atoms with Crippen molar-refractivity contribution in [3.8, 4) is 0 Å². The molecule has 1 heterocycles. The molecule has 0 N–H and O–H groups in total. The van der Waals surface area contributed by atoms with Gasteiger partial charge in [0.2, 0.25) is 11.4 Å². The summed E-state index contributed by atoms with van der Waals surface area (Å²) in [5.41, 5.74) is 21.6. The molecule has 0 bridgehead atoms. The maximum atomic E-state index is 11.8. The maximum absolute atomic E-state index is 11.8. The number of benzene rings is 2. The van der Waals surface area contributed by atoms with Gasteiger partial charge in [-0.3, -0.25) is 0 Å². The Hall–Kier alpha value is -1.99. The van der Waals surface area contributed by atoms with Gasteiger partial charge in [-0.1, -0.05) is 90.5 Å². The van der Waals surface area contributed by atoms with E-state index in [1.807, 2.05) is 0 Å². The molecule has 0 saturated heterocycles. The molecule has 0 atom stereocenters. The molecule has 0 aromatic heterocycles. The molecule has 0 saturated carbocycles. The molecule has 0 unspecified atom stereocenters. The van der Waals surface area contributed by atoms with Crippen molar-refractivity contribution in [3.63, 3.8) is 0 Å². The molecule has 218 valence electrons. The van der Waals surface area contributed by atoms with Crippen LogP contribution in [-0.4, -0.2) is 4.70 Å². The summed E-state index contributed by atoms with van der Waals surface area (Å²) in [7, 11) is 0. The van der Waals surface area contributed by atoms with Crippen molar-refractivity contribution in [2.75, 3.05) is 0 Å². The Kier molecular flexibility index (Phi) is 16.3. The van der Waals surface area contributed by atoms with Crippen LogP contribution in [0.3, 0.4) is 0 Å². The summed E-state index contributed by atoms with van der Waals surface area (Å²) in [5.74, 6) is 4.12. The normalized spacial score (nSPS) is 13.3. The van der Waals surface area contributed by atoms with Gasteiger partial charge in [0.25, 0.3) is 0 Å². The Morgan fingerprint density at radius 1 is 0.564 bits per heavy atom. The summed E-state index contributed by atoms with van der Waals surface area (Å²) < 4.78 is 1.55. The second-order valence-corrected chi connectivity index (χ2v) is 11.8. The SMILES string of the molecule is CCCCCC1=C(c2cccc(CCCCC)c2)[N+](=[N-])C(c2cccc(CCCC)c2)=C1CCCC.[CH3][Ni][CH3]. The molecule has 0 fully saturated rings. The fourth-order valence-corrected chi connectivity index (χ4v) is 5.40. The van der Waals surface area contributed by atoms with Gasteiger partial charge in [-0.2, -0.15) is 0 Å². The Balaban J connectivity index is 0.00000170. The molecule has 0 amide bonds. The first-order chi connectivity index (χ1) is 19.1. The van der Waals surface area contributed by atoms with Crippen molar-refractivity contribution < 1.29 is 19.1 Å². The van der Waals surface area contributed by atoms with E-state index in [1.54, 1.807) is 19.1 Å². The zero-order valence-electron chi connectivity index (χ0n) is 25.7. The van der Waals surface area contributed by atoms with Gasteiger partial charge in [-0.25, -0.2) is 4.70 Å². The third kappa shape index (κ3) is 10.2. The number of hydrogen-bond acceptors (Lipinski definition) is 0. The Bertz CT molecular complexity index is 1080. The van der Waals surface area contributed by atoms with Crippen LogP contribution in [-0.2, 0) is 27.3 Å². The first-order valence-corrected chi connectivity index (χ1v) is 17.4. The summed E-state index contributed by atoms with van der Waals surface area (Å²) in [6, 6.07) is 17.8. The van der Waals surface area contributed by atoms with Crippen LogP contribution in [0.2, 0.25) is 11.8 Å². The molecule has 39 heavy (non-hydrogen) atoms. The molecular weight excluding hydrogens is 519 g/mol. The Labute approximate surface area is 246 Å². The first kappa shape index (κ1) is 33.2. The molecule has 0 radical (unpaired) electrons. The number of aryl methyl sites for hydroxylation is 2. The van der Waals surface area contributed by atoms with Crippen molar-refractivity contribution in [1.29, 1.82) is 0 Å². The van der Waals surface area contributed by atoms with Crippen molar-refractivity contribution in [2.45, 2.75) is 129 Å². The molecule has 1 aliphatic rings. The zero-order chi connectivity index (χ0) is 28.5. The second kappa shape index (κ2) is 19.2. The van der Waals surface area contributed by atoms with E-state index in [0.717, 1.165) is 61.0 Å². The van der Waals surface area contributed by atoms with E-state index in [-0.39, 0.29) is 0 Å². The summed E-state index contributed by atoms with van der Waals surface area (Å²) in [5, 5.41) is 0. The molecule has 3 rings (SSSR count). The summed E-state index contributed by atoms with van der Waals surface area (Å²) in [4.78, 5) is 0. The minimum absolute atomic E-state index is 1.01. The number of rotatable bonds is 16. The quantitative estimate of drug-likeness (QED) is 0.108. The van der Waals surface area contributed by atoms with Gasteiger partial charge in [-0.15, -0.1) is 0 Å². The number of nitrogens with zero attached hydrogens (tertiary/aromatic N) is 2. The van der Waals surface area contributed by atoms with Gasteiger partial charge in [-0.05, 0) is 86.8 Å². The molecule has 0 spiro atoms. The molecule has 2 nitrogen and oxygen atoms in total. The van der Waals surface area contributed by atoms with Gasteiger partial charge in [0.1, 0.15) is 0 Å². The van der Waals surface area contributed by atoms with Crippen molar-refractivity contribution in [2.24, 2.45) is 0 Å². The van der Waals surface area contributed by atoms with Crippen molar-refractivity contribution in [3.05, 3.63) is 87.5 Å². The molecule has 3 heteroatoms. The summed E-state index contributed by atoms with van der Waals surface area (Å²) >= 11 is 1.62. The molecule has 2 aromatic rings. The Morgan fingerprint density at radius 2 is 0.949 bits per heavy atom. The van der Waals surface area contributed by atoms with Gasteiger partial charge in [0.15, 0.2) is 0 Å². The first-order valence-electron chi connectivity index (χ1n) is 15.4. The predicted octanol–water partition coefficient (Wildman–Crippen LogP) is 11.9. The van der Waals surface area contributed by atoms with E-state index in [9.17, 15) is 5.53 Å². The van der Waals surface area contributed by atoms with Crippen LogP contribution in [0.25, 0.3) is 16.9 Å². The van der Waals surface area contributed by atoms with E-state index in [2.05, 4.69) is 88.0 Å². The third-order valence-corrected chi connectivity index (χ3v) is 7.46. The summed E-state index contributed by atoms with van der Waals surface area (Å²) in [6.45, 7) is 9.03. The van der Waals surface area contributed by atoms with Gasteiger partial charge in [0.05, 0.1) is 0 Å². The van der Waals surface area contributed by atoms with Crippen LogP contribution >= 0.6 is 0 Å². The van der Waals surface area contributed by atoms with Crippen LogP contribution in [0.4, 0.5) is 0 Å². The summed E-state index contributed by atoms with van der Waals surface area (Å²) in [6.07, 6.45) is 16.3. The Morgan fingerprint density at radius 3 is 1.41 bits per heavy atom. The zero-order valence-corrected chi connectivity index (χ0v) is 26.7. The van der Waals surface area contributed by atoms with E-state index in [1.165, 1.54) is 73.6 Å². The number of unbranched alkanes of at least 4 members (excludes halogenated alkanes) is 6. The van der Waals surface area contributed by atoms with Crippen LogP contribution in [0.15, 0.2) is 59.7 Å². The predicted molar refractivity (Wildman–Crippen MR) is 168 cm³/mol. The topological polar surface area (TPSA) is 25.3 Å². The minimum atomic E-state index is 1.01. The number of allylic oxidation sites excluding steroid dienone is 2.